The normalized spacial score (nSPS) is 10.1. The van der Waals surface area contributed by atoms with E-state index >= 15 is 0 Å². The Kier molecular flexibility index (Phi) is 10.8. The van der Waals surface area contributed by atoms with E-state index in [1.807, 2.05) is 11.8 Å². The standard InChI is InChI=1S/C11H22O2S/c1-3-4-9-14-10-7-5-6-8-11(12)13-2/h3-10H2,1-2H3. The number of ether oxygens (including phenoxy) is 1. The molecule has 0 saturated heterocycles. The molecule has 0 bridgehead atoms. The molecule has 0 aliphatic heterocycles. The molecule has 84 valence electrons. The summed E-state index contributed by atoms with van der Waals surface area (Å²) in [5, 5.41) is 0. The lowest BCUT2D eigenvalue weighted by atomic mass is 10.2. The molecule has 2 nitrogen and oxygen atoms in total. The van der Waals surface area contributed by atoms with Gasteiger partial charge in [-0.1, -0.05) is 19.8 Å². The van der Waals surface area contributed by atoms with Gasteiger partial charge in [-0.05, 0) is 30.8 Å². The second-order valence-corrected chi connectivity index (χ2v) is 4.58. The Morgan fingerprint density at radius 1 is 1.14 bits per heavy atom. The van der Waals surface area contributed by atoms with Crippen LogP contribution in [-0.2, 0) is 9.53 Å². The molecule has 0 rings (SSSR count). The highest BCUT2D eigenvalue weighted by Crippen LogP contribution is 2.09. The molecule has 0 spiro atoms. The van der Waals surface area contributed by atoms with Gasteiger partial charge in [-0.15, -0.1) is 0 Å². The second-order valence-electron chi connectivity index (χ2n) is 3.35. The summed E-state index contributed by atoms with van der Waals surface area (Å²) in [4.78, 5) is 10.8. The number of esters is 1. The first-order valence-electron chi connectivity index (χ1n) is 5.45. The van der Waals surface area contributed by atoms with E-state index in [9.17, 15) is 4.79 Å². The van der Waals surface area contributed by atoms with Crippen LogP contribution in [0, 0.1) is 0 Å². The van der Waals surface area contributed by atoms with Gasteiger partial charge in [0.2, 0.25) is 0 Å². The average molecular weight is 218 g/mol. The minimum Gasteiger partial charge on any atom is -0.469 e. The number of unbranched alkanes of at least 4 members (excludes halogenated alkanes) is 3. The summed E-state index contributed by atoms with van der Waals surface area (Å²) in [6.45, 7) is 2.22. The van der Waals surface area contributed by atoms with Gasteiger partial charge in [0.05, 0.1) is 7.11 Å². The fourth-order valence-corrected chi connectivity index (χ4v) is 2.21. The number of hydrogen-bond acceptors (Lipinski definition) is 3. The molecular weight excluding hydrogens is 196 g/mol. The maximum absolute atomic E-state index is 10.8. The third-order valence-corrected chi connectivity index (χ3v) is 3.19. The minimum absolute atomic E-state index is 0.0800. The fraction of sp³-hybridized carbons (Fsp3) is 0.909. The lowest BCUT2D eigenvalue weighted by Crippen LogP contribution is -1.99. The van der Waals surface area contributed by atoms with E-state index in [4.69, 9.17) is 0 Å². The zero-order chi connectivity index (χ0) is 10.6. The molecule has 0 unspecified atom stereocenters. The Hall–Kier alpha value is -0.180. The summed E-state index contributed by atoms with van der Waals surface area (Å²) in [6, 6.07) is 0. The smallest absolute Gasteiger partial charge is 0.305 e. The predicted octanol–water partition coefficient (Wildman–Crippen LogP) is 3.25. The number of carbonyl (C=O) groups excluding carboxylic acids is 1. The maximum atomic E-state index is 10.8. The van der Waals surface area contributed by atoms with E-state index < -0.39 is 0 Å². The van der Waals surface area contributed by atoms with Gasteiger partial charge < -0.3 is 4.74 Å². The zero-order valence-electron chi connectivity index (χ0n) is 9.38. The van der Waals surface area contributed by atoms with Crippen molar-refractivity contribution in [1.82, 2.24) is 0 Å². The van der Waals surface area contributed by atoms with Crippen molar-refractivity contribution >= 4 is 17.7 Å². The molecule has 0 aromatic heterocycles. The fourth-order valence-electron chi connectivity index (χ4n) is 1.10. The summed E-state index contributed by atoms with van der Waals surface area (Å²) in [7, 11) is 1.45. The van der Waals surface area contributed by atoms with Gasteiger partial charge in [-0.3, -0.25) is 4.79 Å². The first-order chi connectivity index (χ1) is 6.81. The number of methoxy groups -OCH3 is 1. The lowest BCUT2D eigenvalue weighted by molar-refractivity contribution is -0.140. The molecule has 0 amide bonds. The van der Waals surface area contributed by atoms with Crippen molar-refractivity contribution in [1.29, 1.82) is 0 Å². The highest BCUT2D eigenvalue weighted by Gasteiger charge is 1.98. The Morgan fingerprint density at radius 3 is 2.50 bits per heavy atom. The van der Waals surface area contributed by atoms with Gasteiger partial charge >= 0.3 is 5.97 Å². The van der Waals surface area contributed by atoms with E-state index in [1.165, 1.54) is 37.9 Å². The van der Waals surface area contributed by atoms with Gasteiger partial charge in [-0.2, -0.15) is 11.8 Å². The van der Waals surface area contributed by atoms with Crippen molar-refractivity contribution in [3.8, 4) is 0 Å². The van der Waals surface area contributed by atoms with E-state index in [2.05, 4.69) is 11.7 Å². The summed E-state index contributed by atoms with van der Waals surface area (Å²) in [5.41, 5.74) is 0. The molecule has 0 N–H and O–H groups in total. The van der Waals surface area contributed by atoms with Crippen LogP contribution in [-0.4, -0.2) is 24.6 Å². The summed E-state index contributed by atoms with van der Waals surface area (Å²) in [5.74, 6) is 2.44. The third kappa shape index (κ3) is 9.90. The van der Waals surface area contributed by atoms with Crippen molar-refractivity contribution in [3.63, 3.8) is 0 Å². The largest absolute Gasteiger partial charge is 0.469 e. The Bertz CT molecular complexity index is 137. The molecule has 0 atom stereocenters. The highest BCUT2D eigenvalue weighted by molar-refractivity contribution is 7.99. The van der Waals surface area contributed by atoms with Crippen LogP contribution in [0.15, 0.2) is 0 Å². The van der Waals surface area contributed by atoms with Gasteiger partial charge in [0.1, 0.15) is 0 Å². The third-order valence-electron chi connectivity index (χ3n) is 2.04. The van der Waals surface area contributed by atoms with Crippen LogP contribution in [0.3, 0.4) is 0 Å². The topological polar surface area (TPSA) is 26.3 Å². The predicted molar refractivity (Wildman–Crippen MR) is 62.7 cm³/mol. The summed E-state index contributed by atoms with van der Waals surface area (Å²) < 4.78 is 4.57. The molecule has 0 fully saturated rings. The first kappa shape index (κ1) is 13.8. The van der Waals surface area contributed by atoms with Crippen molar-refractivity contribution in [2.75, 3.05) is 18.6 Å². The number of hydrogen-bond donors (Lipinski definition) is 0. The van der Waals surface area contributed by atoms with Crippen molar-refractivity contribution in [3.05, 3.63) is 0 Å². The molecule has 0 aromatic carbocycles. The molecule has 0 heterocycles. The minimum atomic E-state index is -0.0800. The van der Waals surface area contributed by atoms with Gasteiger partial charge in [0.25, 0.3) is 0 Å². The average Bonchev–Trinajstić information content (AvgIpc) is 2.21. The van der Waals surface area contributed by atoms with Crippen molar-refractivity contribution in [2.24, 2.45) is 0 Å². The van der Waals surface area contributed by atoms with Crippen LogP contribution < -0.4 is 0 Å². The van der Waals surface area contributed by atoms with E-state index in [0.29, 0.717) is 6.42 Å². The summed E-state index contributed by atoms with van der Waals surface area (Å²) >= 11 is 2.03. The van der Waals surface area contributed by atoms with Crippen molar-refractivity contribution in [2.45, 2.75) is 45.4 Å². The van der Waals surface area contributed by atoms with Crippen molar-refractivity contribution < 1.29 is 9.53 Å². The number of carbonyl (C=O) groups is 1. The SMILES string of the molecule is CCCCSCCCCCC(=O)OC. The summed E-state index contributed by atoms with van der Waals surface area (Å²) in [6.07, 6.45) is 6.54. The first-order valence-corrected chi connectivity index (χ1v) is 6.61. The van der Waals surface area contributed by atoms with Crippen LogP contribution in [0.1, 0.15) is 45.4 Å². The van der Waals surface area contributed by atoms with E-state index in [1.54, 1.807) is 0 Å². The van der Waals surface area contributed by atoms with Crippen LogP contribution in [0.5, 0.6) is 0 Å². The number of thioether (sulfide) groups is 1. The molecule has 14 heavy (non-hydrogen) atoms. The Labute approximate surface area is 91.8 Å². The van der Waals surface area contributed by atoms with Crippen LogP contribution in [0.2, 0.25) is 0 Å². The zero-order valence-corrected chi connectivity index (χ0v) is 10.2. The van der Waals surface area contributed by atoms with Gasteiger partial charge in [0, 0.05) is 6.42 Å². The molecular formula is C11H22O2S. The highest BCUT2D eigenvalue weighted by atomic mass is 32.2. The molecule has 3 heteroatoms. The second kappa shape index (κ2) is 10.9. The Balaban J connectivity index is 2.95. The molecule has 0 aliphatic carbocycles. The quantitative estimate of drug-likeness (QED) is 0.439. The molecule has 0 radical (unpaired) electrons. The maximum Gasteiger partial charge on any atom is 0.305 e. The van der Waals surface area contributed by atoms with E-state index in [0.717, 1.165) is 12.8 Å². The van der Waals surface area contributed by atoms with Crippen LogP contribution >= 0.6 is 11.8 Å². The lowest BCUT2D eigenvalue weighted by Gasteiger charge is -2.00. The number of rotatable bonds is 9. The molecule has 0 saturated carbocycles. The molecule has 0 aliphatic rings. The van der Waals surface area contributed by atoms with Gasteiger partial charge in [-0.25, -0.2) is 0 Å². The monoisotopic (exact) mass is 218 g/mol. The van der Waals surface area contributed by atoms with Crippen LogP contribution in [0.4, 0.5) is 0 Å². The molecule has 0 aromatic rings. The Morgan fingerprint density at radius 2 is 1.86 bits per heavy atom. The van der Waals surface area contributed by atoms with E-state index in [-0.39, 0.29) is 5.97 Å². The van der Waals surface area contributed by atoms with Crippen LogP contribution in [0.25, 0.3) is 0 Å². The van der Waals surface area contributed by atoms with Gasteiger partial charge in [0.15, 0.2) is 0 Å².